The first-order valence-electron chi connectivity index (χ1n) is 5.17. The summed E-state index contributed by atoms with van der Waals surface area (Å²) in [5.41, 5.74) is -0.0702. The second-order valence-corrected chi connectivity index (χ2v) is 3.65. The Kier molecular flexibility index (Phi) is 3.05. The van der Waals surface area contributed by atoms with Crippen molar-refractivity contribution in [3.05, 3.63) is 69.8 Å². The molecule has 0 atom stereocenters. The molecular formula is C13H9NO4. The van der Waals surface area contributed by atoms with E-state index < -0.39 is 16.4 Å². The van der Waals surface area contributed by atoms with Gasteiger partial charge < -0.3 is 5.11 Å². The lowest BCUT2D eigenvalue weighted by Crippen LogP contribution is -2.05. The fraction of sp³-hybridized carbons (Fsp3) is 0. The molecule has 18 heavy (non-hydrogen) atoms. The van der Waals surface area contributed by atoms with E-state index in [2.05, 4.69) is 0 Å². The Balaban J connectivity index is 2.52. The average Bonchev–Trinajstić information content (AvgIpc) is 2.39. The summed E-state index contributed by atoms with van der Waals surface area (Å²) in [6, 6.07) is 11.8. The standard InChI is InChI=1S/C13H9NO4/c15-10-6-7-11(12(8-10)14(17)18)13(16)9-4-2-1-3-5-9/h1-8,15H. The number of nitro benzene ring substituents is 1. The number of carbonyl (C=O) groups excluding carboxylic acids is 1. The van der Waals surface area contributed by atoms with Crippen LogP contribution < -0.4 is 0 Å². The van der Waals surface area contributed by atoms with E-state index in [4.69, 9.17) is 0 Å². The molecule has 0 saturated carbocycles. The van der Waals surface area contributed by atoms with Crippen LogP contribution in [0.5, 0.6) is 5.75 Å². The largest absolute Gasteiger partial charge is 0.508 e. The molecule has 0 bridgehead atoms. The highest BCUT2D eigenvalue weighted by Gasteiger charge is 2.21. The Morgan fingerprint density at radius 1 is 1.11 bits per heavy atom. The zero-order valence-corrected chi connectivity index (χ0v) is 9.24. The first kappa shape index (κ1) is 11.8. The van der Waals surface area contributed by atoms with Crippen LogP contribution in [0.15, 0.2) is 48.5 Å². The molecule has 0 saturated heterocycles. The van der Waals surface area contributed by atoms with Crippen LogP contribution in [0.2, 0.25) is 0 Å². The molecule has 0 aromatic heterocycles. The van der Waals surface area contributed by atoms with Gasteiger partial charge in [-0.2, -0.15) is 0 Å². The molecule has 0 amide bonds. The highest BCUT2D eigenvalue weighted by molar-refractivity contribution is 6.11. The van der Waals surface area contributed by atoms with Crippen molar-refractivity contribution in [3.8, 4) is 5.75 Å². The van der Waals surface area contributed by atoms with Gasteiger partial charge in [-0.15, -0.1) is 0 Å². The van der Waals surface area contributed by atoms with Crippen LogP contribution in [0, 0.1) is 10.1 Å². The van der Waals surface area contributed by atoms with Gasteiger partial charge in [-0.05, 0) is 12.1 Å². The number of hydrogen-bond acceptors (Lipinski definition) is 4. The summed E-state index contributed by atoms with van der Waals surface area (Å²) >= 11 is 0. The fourth-order valence-electron chi connectivity index (χ4n) is 1.61. The normalized spacial score (nSPS) is 10.0. The number of carbonyl (C=O) groups is 1. The van der Waals surface area contributed by atoms with Crippen molar-refractivity contribution in [2.75, 3.05) is 0 Å². The molecule has 0 fully saturated rings. The predicted molar refractivity (Wildman–Crippen MR) is 64.6 cm³/mol. The predicted octanol–water partition coefficient (Wildman–Crippen LogP) is 2.53. The number of aromatic hydroxyl groups is 1. The molecular weight excluding hydrogens is 234 g/mol. The molecule has 1 N–H and O–H groups in total. The minimum absolute atomic E-state index is 0.0380. The van der Waals surface area contributed by atoms with Crippen molar-refractivity contribution in [1.82, 2.24) is 0 Å². The third kappa shape index (κ3) is 2.20. The van der Waals surface area contributed by atoms with Crippen LogP contribution >= 0.6 is 0 Å². The van der Waals surface area contributed by atoms with Gasteiger partial charge in [0.15, 0.2) is 5.78 Å². The van der Waals surface area contributed by atoms with Crippen LogP contribution in [-0.2, 0) is 0 Å². The number of hydrogen-bond donors (Lipinski definition) is 1. The highest BCUT2D eigenvalue weighted by atomic mass is 16.6. The molecule has 0 unspecified atom stereocenters. The molecule has 2 rings (SSSR count). The van der Waals surface area contributed by atoms with Gasteiger partial charge in [-0.3, -0.25) is 14.9 Å². The third-order valence-corrected chi connectivity index (χ3v) is 2.46. The summed E-state index contributed by atoms with van der Waals surface area (Å²) in [5.74, 6) is -0.686. The Labute approximate surface area is 102 Å². The number of phenolic OH excluding ortho intramolecular Hbond substituents is 1. The molecule has 0 aliphatic heterocycles. The Morgan fingerprint density at radius 2 is 1.78 bits per heavy atom. The maximum Gasteiger partial charge on any atom is 0.284 e. The van der Waals surface area contributed by atoms with Crippen LogP contribution in [0.3, 0.4) is 0 Å². The average molecular weight is 243 g/mol. The molecule has 0 aliphatic carbocycles. The fourth-order valence-corrected chi connectivity index (χ4v) is 1.61. The van der Waals surface area contributed by atoms with E-state index in [1.807, 2.05) is 0 Å². The second-order valence-electron chi connectivity index (χ2n) is 3.65. The molecule has 2 aromatic carbocycles. The molecule has 0 radical (unpaired) electrons. The van der Waals surface area contributed by atoms with Gasteiger partial charge in [0, 0.05) is 5.56 Å². The van der Waals surface area contributed by atoms with Crippen molar-refractivity contribution in [2.24, 2.45) is 0 Å². The summed E-state index contributed by atoms with van der Waals surface area (Å²) in [6.45, 7) is 0. The third-order valence-electron chi connectivity index (χ3n) is 2.46. The number of nitro groups is 1. The summed E-state index contributed by atoms with van der Waals surface area (Å²) in [6.07, 6.45) is 0. The van der Waals surface area contributed by atoms with Crippen LogP contribution in [-0.4, -0.2) is 15.8 Å². The molecule has 0 heterocycles. The van der Waals surface area contributed by atoms with E-state index in [9.17, 15) is 20.0 Å². The minimum Gasteiger partial charge on any atom is -0.508 e. The highest BCUT2D eigenvalue weighted by Crippen LogP contribution is 2.25. The number of phenols is 1. The lowest BCUT2D eigenvalue weighted by Gasteiger charge is -2.03. The summed E-state index contributed by atoms with van der Waals surface area (Å²) in [5, 5.41) is 20.1. The van der Waals surface area contributed by atoms with Gasteiger partial charge in [0.1, 0.15) is 11.3 Å². The summed E-state index contributed by atoms with van der Waals surface area (Å²) in [4.78, 5) is 22.3. The molecule has 2 aromatic rings. The van der Waals surface area contributed by atoms with E-state index in [-0.39, 0.29) is 11.3 Å². The monoisotopic (exact) mass is 243 g/mol. The van der Waals surface area contributed by atoms with Crippen LogP contribution in [0.4, 0.5) is 5.69 Å². The van der Waals surface area contributed by atoms with Crippen molar-refractivity contribution in [3.63, 3.8) is 0 Å². The van der Waals surface area contributed by atoms with Gasteiger partial charge in [0.05, 0.1) is 11.0 Å². The summed E-state index contributed by atoms with van der Waals surface area (Å²) in [7, 11) is 0. The Hall–Kier alpha value is -2.69. The molecule has 5 nitrogen and oxygen atoms in total. The lowest BCUT2D eigenvalue weighted by atomic mass is 10.0. The van der Waals surface area contributed by atoms with Gasteiger partial charge in [-0.25, -0.2) is 0 Å². The van der Waals surface area contributed by atoms with Gasteiger partial charge in [0.2, 0.25) is 0 Å². The van der Waals surface area contributed by atoms with Crippen molar-refractivity contribution in [1.29, 1.82) is 0 Å². The number of ketones is 1. The first-order valence-corrected chi connectivity index (χ1v) is 5.17. The van der Waals surface area contributed by atoms with E-state index in [0.29, 0.717) is 5.56 Å². The number of benzene rings is 2. The smallest absolute Gasteiger partial charge is 0.284 e. The summed E-state index contributed by atoms with van der Waals surface area (Å²) < 4.78 is 0. The molecule has 0 spiro atoms. The molecule has 5 heteroatoms. The Bertz CT molecular complexity index is 608. The number of nitrogens with zero attached hydrogens (tertiary/aromatic N) is 1. The Morgan fingerprint density at radius 3 is 2.39 bits per heavy atom. The van der Waals surface area contributed by atoms with E-state index in [1.54, 1.807) is 30.3 Å². The topological polar surface area (TPSA) is 80.4 Å². The maximum absolute atomic E-state index is 12.1. The molecule has 0 aliphatic rings. The van der Waals surface area contributed by atoms with E-state index in [0.717, 1.165) is 6.07 Å². The van der Waals surface area contributed by atoms with Gasteiger partial charge >= 0.3 is 0 Å². The quantitative estimate of drug-likeness (QED) is 0.510. The van der Waals surface area contributed by atoms with Crippen molar-refractivity contribution in [2.45, 2.75) is 0 Å². The SMILES string of the molecule is O=C(c1ccccc1)c1ccc(O)cc1[N+](=O)[O-]. The molecule has 90 valence electrons. The van der Waals surface area contributed by atoms with Gasteiger partial charge in [0.25, 0.3) is 5.69 Å². The van der Waals surface area contributed by atoms with Crippen molar-refractivity contribution < 1.29 is 14.8 Å². The van der Waals surface area contributed by atoms with E-state index >= 15 is 0 Å². The second kappa shape index (κ2) is 4.67. The maximum atomic E-state index is 12.1. The minimum atomic E-state index is -0.685. The van der Waals surface area contributed by atoms with Gasteiger partial charge in [-0.1, -0.05) is 30.3 Å². The first-order chi connectivity index (χ1) is 8.59. The number of rotatable bonds is 3. The van der Waals surface area contributed by atoms with Crippen molar-refractivity contribution >= 4 is 11.5 Å². The van der Waals surface area contributed by atoms with Crippen LogP contribution in [0.25, 0.3) is 0 Å². The zero-order chi connectivity index (χ0) is 13.1. The lowest BCUT2D eigenvalue weighted by molar-refractivity contribution is -0.385. The van der Waals surface area contributed by atoms with E-state index in [1.165, 1.54) is 12.1 Å². The van der Waals surface area contributed by atoms with Crippen LogP contribution in [0.1, 0.15) is 15.9 Å². The zero-order valence-electron chi connectivity index (χ0n) is 9.24.